The minimum atomic E-state index is -0.682. The molecule has 3 rings (SSSR count). The third kappa shape index (κ3) is 3.09. The number of aryl methyl sites for hydroxylation is 1. The number of benzene rings is 1. The number of hydrogen-bond acceptors (Lipinski definition) is 2. The highest BCUT2D eigenvalue weighted by Gasteiger charge is 2.24. The van der Waals surface area contributed by atoms with Gasteiger partial charge in [-0.1, -0.05) is 23.2 Å². The first kappa shape index (κ1) is 15.6. The van der Waals surface area contributed by atoms with E-state index in [1.807, 2.05) is 6.07 Å². The van der Waals surface area contributed by atoms with Crippen molar-refractivity contribution in [3.63, 3.8) is 0 Å². The Morgan fingerprint density at radius 2 is 1.90 bits per heavy atom. The van der Waals surface area contributed by atoms with Gasteiger partial charge in [-0.05, 0) is 25.0 Å². The normalized spacial score (nSPS) is 22.8. The van der Waals surface area contributed by atoms with Crippen LogP contribution in [0.15, 0.2) is 12.1 Å². The summed E-state index contributed by atoms with van der Waals surface area (Å²) < 4.78 is 13.8. The molecule has 1 aromatic heterocycles. The van der Waals surface area contributed by atoms with Crippen LogP contribution in [0.3, 0.4) is 0 Å². The summed E-state index contributed by atoms with van der Waals surface area (Å²) in [5, 5.41) is 1.04. The quantitative estimate of drug-likeness (QED) is 0.764. The van der Waals surface area contributed by atoms with Crippen LogP contribution in [0.1, 0.15) is 24.7 Å². The molecule has 0 amide bonds. The van der Waals surface area contributed by atoms with Crippen LogP contribution < -0.4 is 0 Å². The number of hydrogen-bond donors (Lipinski definition) is 0. The first-order valence-corrected chi connectivity index (χ1v) is 9.65. The molecule has 0 saturated carbocycles. The van der Waals surface area contributed by atoms with Gasteiger partial charge in [-0.3, -0.25) is 4.21 Å². The van der Waals surface area contributed by atoms with E-state index in [4.69, 9.17) is 34.8 Å². The van der Waals surface area contributed by atoms with Gasteiger partial charge in [-0.15, -0.1) is 11.6 Å². The Balaban J connectivity index is 2.11. The molecule has 0 aliphatic carbocycles. The molecule has 114 valence electrons. The van der Waals surface area contributed by atoms with Gasteiger partial charge >= 0.3 is 0 Å². The SMILES string of the molecule is O=S1CCC(n2c(CCCl)nc3cc(Cl)c(Cl)cc32)CC1. The largest absolute Gasteiger partial charge is 0.325 e. The van der Waals surface area contributed by atoms with Crippen LogP contribution >= 0.6 is 34.8 Å². The lowest BCUT2D eigenvalue weighted by Crippen LogP contribution is -2.23. The van der Waals surface area contributed by atoms with Crippen LogP contribution in [-0.4, -0.2) is 31.1 Å². The second kappa shape index (κ2) is 6.45. The molecule has 1 aliphatic rings. The summed E-state index contributed by atoms with van der Waals surface area (Å²) in [6, 6.07) is 3.98. The summed E-state index contributed by atoms with van der Waals surface area (Å²) in [4.78, 5) is 4.66. The number of imidazole rings is 1. The van der Waals surface area contributed by atoms with E-state index in [1.54, 1.807) is 6.07 Å². The Kier molecular flexibility index (Phi) is 4.79. The fourth-order valence-corrected chi connectivity index (χ4v) is 4.61. The number of aromatic nitrogens is 2. The standard InChI is InChI=1S/C14H15Cl3N2OS/c15-4-1-14-18-12-7-10(16)11(17)8-13(12)19(14)9-2-5-21(20)6-3-9/h7-9H,1-6H2. The maximum atomic E-state index is 11.6. The van der Waals surface area contributed by atoms with E-state index in [2.05, 4.69) is 9.55 Å². The Morgan fingerprint density at radius 3 is 2.57 bits per heavy atom. The zero-order chi connectivity index (χ0) is 15.0. The third-order valence-electron chi connectivity index (χ3n) is 3.85. The van der Waals surface area contributed by atoms with Gasteiger partial charge in [0.15, 0.2) is 0 Å². The summed E-state index contributed by atoms with van der Waals surface area (Å²) in [6.07, 6.45) is 2.49. The lowest BCUT2D eigenvalue weighted by Gasteiger charge is -2.25. The zero-order valence-electron chi connectivity index (χ0n) is 11.3. The molecule has 0 N–H and O–H groups in total. The molecule has 1 aromatic carbocycles. The predicted molar refractivity (Wildman–Crippen MR) is 90.3 cm³/mol. The molecular formula is C14H15Cl3N2OS. The lowest BCUT2D eigenvalue weighted by atomic mass is 10.1. The molecule has 1 aliphatic heterocycles. The van der Waals surface area contributed by atoms with Crippen molar-refractivity contribution in [1.29, 1.82) is 0 Å². The van der Waals surface area contributed by atoms with E-state index in [1.165, 1.54) is 0 Å². The van der Waals surface area contributed by atoms with E-state index < -0.39 is 10.8 Å². The monoisotopic (exact) mass is 364 g/mol. The topological polar surface area (TPSA) is 34.9 Å². The van der Waals surface area contributed by atoms with E-state index in [-0.39, 0.29) is 0 Å². The lowest BCUT2D eigenvalue weighted by molar-refractivity contribution is 0.459. The van der Waals surface area contributed by atoms with E-state index in [0.717, 1.165) is 41.2 Å². The van der Waals surface area contributed by atoms with Crippen LogP contribution in [0.2, 0.25) is 10.0 Å². The first-order chi connectivity index (χ1) is 10.1. The molecule has 0 atom stereocenters. The number of nitrogens with zero attached hydrogens (tertiary/aromatic N) is 2. The molecule has 0 bridgehead atoms. The Bertz CT molecular complexity index is 691. The molecule has 0 unspecified atom stereocenters. The minimum absolute atomic E-state index is 0.308. The Hall–Kier alpha value is -0.290. The van der Waals surface area contributed by atoms with Gasteiger partial charge in [0.2, 0.25) is 0 Å². The molecule has 0 radical (unpaired) electrons. The van der Waals surface area contributed by atoms with Crippen molar-refractivity contribution in [2.24, 2.45) is 0 Å². The maximum Gasteiger partial charge on any atom is 0.111 e. The van der Waals surface area contributed by atoms with Crippen molar-refractivity contribution < 1.29 is 4.21 Å². The predicted octanol–water partition coefficient (Wildman–Crippen LogP) is 4.21. The van der Waals surface area contributed by atoms with Crippen molar-refractivity contribution >= 4 is 56.6 Å². The number of alkyl halides is 1. The zero-order valence-corrected chi connectivity index (χ0v) is 14.4. The van der Waals surface area contributed by atoms with Crippen LogP contribution in [0, 0.1) is 0 Å². The average Bonchev–Trinajstić information content (AvgIpc) is 2.78. The van der Waals surface area contributed by atoms with E-state index in [9.17, 15) is 4.21 Å². The second-order valence-electron chi connectivity index (χ2n) is 5.17. The molecule has 21 heavy (non-hydrogen) atoms. The van der Waals surface area contributed by atoms with Crippen LogP contribution in [0.5, 0.6) is 0 Å². The molecular weight excluding hydrogens is 351 g/mol. The molecule has 2 heterocycles. The molecule has 7 heteroatoms. The highest BCUT2D eigenvalue weighted by atomic mass is 35.5. The van der Waals surface area contributed by atoms with Gasteiger partial charge in [-0.2, -0.15) is 0 Å². The fourth-order valence-electron chi connectivity index (χ4n) is 2.85. The highest BCUT2D eigenvalue weighted by molar-refractivity contribution is 7.85. The average molecular weight is 366 g/mol. The van der Waals surface area contributed by atoms with Crippen molar-refractivity contribution in [3.8, 4) is 0 Å². The number of rotatable bonds is 3. The summed E-state index contributed by atoms with van der Waals surface area (Å²) in [5.74, 6) is 2.96. The number of fused-ring (bicyclic) bond motifs is 1. The first-order valence-electron chi connectivity index (χ1n) is 6.87. The van der Waals surface area contributed by atoms with E-state index >= 15 is 0 Å². The molecule has 0 spiro atoms. The van der Waals surface area contributed by atoms with E-state index in [0.29, 0.717) is 28.4 Å². The third-order valence-corrected chi connectivity index (χ3v) is 6.14. The highest BCUT2D eigenvalue weighted by Crippen LogP contribution is 2.33. The molecule has 3 nitrogen and oxygen atoms in total. The second-order valence-corrected chi connectivity index (χ2v) is 8.06. The van der Waals surface area contributed by atoms with Gasteiger partial charge in [0.25, 0.3) is 0 Å². The summed E-state index contributed by atoms with van der Waals surface area (Å²) in [6.45, 7) is 0. The van der Waals surface area contributed by atoms with Crippen LogP contribution in [-0.2, 0) is 17.2 Å². The Labute approximate surface area is 141 Å². The number of halogens is 3. The van der Waals surface area contributed by atoms with Crippen molar-refractivity contribution in [2.75, 3.05) is 17.4 Å². The maximum absolute atomic E-state index is 11.6. The van der Waals surface area contributed by atoms with Gasteiger partial charge in [-0.25, -0.2) is 4.98 Å². The Morgan fingerprint density at radius 1 is 1.24 bits per heavy atom. The van der Waals surface area contributed by atoms with Crippen LogP contribution in [0.25, 0.3) is 11.0 Å². The summed E-state index contributed by atoms with van der Waals surface area (Å²) >= 11 is 18.2. The van der Waals surface area contributed by atoms with Gasteiger partial charge < -0.3 is 4.57 Å². The van der Waals surface area contributed by atoms with Gasteiger partial charge in [0.05, 0.1) is 21.1 Å². The van der Waals surface area contributed by atoms with Crippen molar-refractivity contribution in [1.82, 2.24) is 9.55 Å². The van der Waals surface area contributed by atoms with Crippen molar-refractivity contribution in [2.45, 2.75) is 25.3 Å². The fraction of sp³-hybridized carbons (Fsp3) is 0.500. The molecule has 2 aromatic rings. The van der Waals surface area contributed by atoms with Crippen molar-refractivity contribution in [3.05, 3.63) is 28.0 Å². The summed E-state index contributed by atoms with van der Waals surface area (Å²) in [5.41, 5.74) is 1.83. The molecule has 1 saturated heterocycles. The minimum Gasteiger partial charge on any atom is -0.325 e. The van der Waals surface area contributed by atoms with Crippen LogP contribution in [0.4, 0.5) is 0 Å². The van der Waals surface area contributed by atoms with Gasteiger partial charge in [0, 0.05) is 40.6 Å². The summed E-state index contributed by atoms with van der Waals surface area (Å²) in [7, 11) is -0.682. The smallest absolute Gasteiger partial charge is 0.111 e. The van der Waals surface area contributed by atoms with Gasteiger partial charge in [0.1, 0.15) is 5.82 Å². The molecule has 1 fully saturated rings.